The molecule has 1 N–H and O–H groups in total. The van der Waals surface area contributed by atoms with Gasteiger partial charge in [-0.05, 0) is 51.0 Å². The van der Waals surface area contributed by atoms with Crippen LogP contribution in [0.4, 0.5) is 0 Å². The van der Waals surface area contributed by atoms with Crippen LogP contribution in [0.2, 0.25) is 0 Å². The van der Waals surface area contributed by atoms with Gasteiger partial charge in [-0.1, -0.05) is 37.3 Å². The normalized spacial score (nSPS) is 19.0. The number of benzene rings is 2. The van der Waals surface area contributed by atoms with Crippen LogP contribution in [0.5, 0.6) is 11.5 Å². The van der Waals surface area contributed by atoms with Gasteiger partial charge in [0.15, 0.2) is 6.10 Å². The van der Waals surface area contributed by atoms with Gasteiger partial charge in [-0.3, -0.25) is 4.79 Å². The molecule has 0 spiro atoms. The molecule has 0 saturated carbocycles. The lowest BCUT2D eigenvalue weighted by atomic mass is 9.89. The second-order valence-corrected chi connectivity index (χ2v) is 7.50. The van der Waals surface area contributed by atoms with Crippen molar-refractivity contribution in [3.8, 4) is 11.5 Å². The molecule has 4 nitrogen and oxygen atoms in total. The molecule has 1 heterocycles. The number of hydrogen-bond donors (Lipinski definition) is 1. The van der Waals surface area contributed by atoms with E-state index in [1.807, 2.05) is 76.2 Å². The monoisotopic (exact) mass is 353 g/mol. The number of carbonyl (C=O) groups excluding carboxylic acids is 1. The minimum atomic E-state index is -0.519. The van der Waals surface area contributed by atoms with Crippen molar-refractivity contribution in [2.24, 2.45) is 0 Å². The Morgan fingerprint density at radius 3 is 2.77 bits per heavy atom. The van der Waals surface area contributed by atoms with E-state index in [0.29, 0.717) is 6.42 Å². The molecule has 0 radical (unpaired) electrons. The summed E-state index contributed by atoms with van der Waals surface area (Å²) in [5.41, 5.74) is 1.80. The molecule has 2 aromatic rings. The molecule has 0 unspecified atom stereocenters. The zero-order chi connectivity index (χ0) is 18.7. The quantitative estimate of drug-likeness (QED) is 0.856. The van der Waals surface area contributed by atoms with Crippen LogP contribution in [-0.2, 0) is 4.79 Å². The number of rotatable bonds is 5. The summed E-state index contributed by atoms with van der Waals surface area (Å²) < 4.78 is 12.0. The number of fused-ring (bicyclic) bond motifs is 1. The first kappa shape index (κ1) is 18.3. The van der Waals surface area contributed by atoms with Crippen LogP contribution >= 0.6 is 0 Å². The van der Waals surface area contributed by atoms with Crippen molar-refractivity contribution in [3.05, 3.63) is 59.7 Å². The fourth-order valence-corrected chi connectivity index (χ4v) is 3.37. The number of hydrogen-bond acceptors (Lipinski definition) is 3. The first-order chi connectivity index (χ1) is 12.4. The largest absolute Gasteiger partial charge is 0.487 e. The van der Waals surface area contributed by atoms with E-state index in [0.717, 1.165) is 29.0 Å². The molecule has 2 atom stereocenters. The van der Waals surface area contributed by atoms with Crippen molar-refractivity contribution in [1.82, 2.24) is 5.32 Å². The molecule has 0 bridgehead atoms. The van der Waals surface area contributed by atoms with E-state index in [9.17, 15) is 4.79 Å². The molecule has 0 fully saturated rings. The standard InChI is InChI=1S/C22H27NO3/c1-5-19(25-16-10-8-9-15(2)13-16)21(24)23-18-14-22(3,4)26-20-12-7-6-11-17(18)20/h6-13,18-19H,5,14H2,1-4H3,(H,23,24)/t18-,19+/m1/s1. The maximum Gasteiger partial charge on any atom is 0.261 e. The zero-order valence-corrected chi connectivity index (χ0v) is 15.9. The van der Waals surface area contributed by atoms with Crippen molar-refractivity contribution >= 4 is 5.91 Å². The van der Waals surface area contributed by atoms with Crippen molar-refractivity contribution in [2.45, 2.75) is 58.3 Å². The lowest BCUT2D eigenvalue weighted by molar-refractivity contribution is -0.129. The van der Waals surface area contributed by atoms with Gasteiger partial charge in [-0.25, -0.2) is 0 Å². The zero-order valence-electron chi connectivity index (χ0n) is 15.9. The molecular weight excluding hydrogens is 326 g/mol. The maximum absolute atomic E-state index is 12.9. The number of aryl methyl sites for hydroxylation is 1. The fourth-order valence-electron chi connectivity index (χ4n) is 3.37. The first-order valence-electron chi connectivity index (χ1n) is 9.19. The van der Waals surface area contributed by atoms with E-state index < -0.39 is 6.10 Å². The summed E-state index contributed by atoms with van der Waals surface area (Å²) in [6, 6.07) is 15.6. The Hall–Kier alpha value is -2.49. The Balaban J connectivity index is 1.75. The van der Waals surface area contributed by atoms with Gasteiger partial charge in [0.25, 0.3) is 5.91 Å². The van der Waals surface area contributed by atoms with Crippen molar-refractivity contribution < 1.29 is 14.3 Å². The molecule has 1 amide bonds. The highest BCUT2D eigenvalue weighted by Crippen LogP contribution is 2.39. The molecule has 1 aliphatic rings. The topological polar surface area (TPSA) is 47.6 Å². The molecular formula is C22H27NO3. The number of nitrogens with one attached hydrogen (secondary N) is 1. The summed E-state index contributed by atoms with van der Waals surface area (Å²) in [7, 11) is 0. The highest BCUT2D eigenvalue weighted by atomic mass is 16.5. The summed E-state index contributed by atoms with van der Waals surface area (Å²) in [4.78, 5) is 12.9. The lowest BCUT2D eigenvalue weighted by Crippen LogP contribution is -2.45. The Kier molecular flexibility index (Phi) is 5.21. The van der Waals surface area contributed by atoms with Gasteiger partial charge in [0.1, 0.15) is 17.1 Å². The fraction of sp³-hybridized carbons (Fsp3) is 0.409. The van der Waals surface area contributed by atoms with E-state index in [2.05, 4.69) is 5.32 Å². The smallest absolute Gasteiger partial charge is 0.261 e. The third-order valence-electron chi connectivity index (χ3n) is 4.62. The average molecular weight is 353 g/mol. The van der Waals surface area contributed by atoms with Gasteiger partial charge in [0.05, 0.1) is 6.04 Å². The minimum Gasteiger partial charge on any atom is -0.487 e. The van der Waals surface area contributed by atoms with Crippen LogP contribution in [0, 0.1) is 6.92 Å². The summed E-state index contributed by atoms with van der Waals surface area (Å²) in [5.74, 6) is 1.47. The van der Waals surface area contributed by atoms with E-state index in [-0.39, 0.29) is 17.6 Å². The van der Waals surface area contributed by atoms with Crippen molar-refractivity contribution in [3.63, 3.8) is 0 Å². The molecule has 3 rings (SSSR count). The van der Waals surface area contributed by atoms with E-state index >= 15 is 0 Å². The number of para-hydroxylation sites is 1. The Morgan fingerprint density at radius 1 is 1.27 bits per heavy atom. The average Bonchev–Trinajstić information content (AvgIpc) is 2.58. The molecule has 0 saturated heterocycles. The molecule has 0 aliphatic carbocycles. The van der Waals surface area contributed by atoms with Gasteiger partial charge in [-0.15, -0.1) is 0 Å². The summed E-state index contributed by atoms with van der Waals surface area (Å²) in [6.45, 7) is 8.06. The van der Waals surface area contributed by atoms with Gasteiger partial charge >= 0.3 is 0 Å². The maximum atomic E-state index is 12.9. The van der Waals surface area contributed by atoms with E-state index in [1.165, 1.54) is 0 Å². The van der Waals surface area contributed by atoms with Crippen LogP contribution in [0.25, 0.3) is 0 Å². The molecule has 26 heavy (non-hydrogen) atoms. The second-order valence-electron chi connectivity index (χ2n) is 7.50. The Labute approximate surface area is 155 Å². The molecule has 0 aromatic heterocycles. The highest BCUT2D eigenvalue weighted by Gasteiger charge is 2.35. The van der Waals surface area contributed by atoms with Crippen LogP contribution in [0.3, 0.4) is 0 Å². The second kappa shape index (κ2) is 7.40. The summed E-state index contributed by atoms with van der Waals surface area (Å²) >= 11 is 0. The molecule has 1 aliphatic heterocycles. The first-order valence-corrected chi connectivity index (χ1v) is 9.19. The van der Waals surface area contributed by atoms with Crippen LogP contribution in [0.15, 0.2) is 48.5 Å². The molecule has 138 valence electrons. The van der Waals surface area contributed by atoms with Crippen molar-refractivity contribution in [2.75, 3.05) is 0 Å². The van der Waals surface area contributed by atoms with Crippen LogP contribution < -0.4 is 14.8 Å². The lowest BCUT2D eigenvalue weighted by Gasteiger charge is -2.38. The van der Waals surface area contributed by atoms with Crippen LogP contribution in [0.1, 0.15) is 50.8 Å². The van der Waals surface area contributed by atoms with Crippen LogP contribution in [-0.4, -0.2) is 17.6 Å². The van der Waals surface area contributed by atoms with Gasteiger partial charge < -0.3 is 14.8 Å². The van der Waals surface area contributed by atoms with E-state index in [4.69, 9.17) is 9.47 Å². The number of carbonyl (C=O) groups is 1. The minimum absolute atomic E-state index is 0.0855. The predicted molar refractivity (Wildman–Crippen MR) is 103 cm³/mol. The SMILES string of the molecule is CC[C@H](Oc1cccc(C)c1)C(=O)N[C@@H]1CC(C)(C)Oc2ccccc21. The number of ether oxygens (including phenoxy) is 2. The predicted octanol–water partition coefficient (Wildman–Crippen LogP) is 4.57. The third-order valence-corrected chi connectivity index (χ3v) is 4.62. The van der Waals surface area contributed by atoms with Crippen molar-refractivity contribution in [1.29, 1.82) is 0 Å². The highest BCUT2D eigenvalue weighted by molar-refractivity contribution is 5.81. The van der Waals surface area contributed by atoms with E-state index in [1.54, 1.807) is 0 Å². The Bertz CT molecular complexity index is 784. The summed E-state index contributed by atoms with van der Waals surface area (Å²) in [5, 5.41) is 3.17. The van der Waals surface area contributed by atoms with Gasteiger partial charge in [-0.2, -0.15) is 0 Å². The Morgan fingerprint density at radius 2 is 2.04 bits per heavy atom. The molecule has 2 aromatic carbocycles. The van der Waals surface area contributed by atoms with Gasteiger partial charge in [0.2, 0.25) is 0 Å². The molecule has 4 heteroatoms. The summed E-state index contributed by atoms with van der Waals surface area (Å²) in [6.07, 6.45) is 0.805. The number of amides is 1. The van der Waals surface area contributed by atoms with Gasteiger partial charge in [0, 0.05) is 12.0 Å². The third kappa shape index (κ3) is 4.18.